The first-order valence-electron chi connectivity index (χ1n) is 5.43. The third-order valence-electron chi connectivity index (χ3n) is 2.56. The number of primary amides is 1. The van der Waals surface area contributed by atoms with Crippen LogP contribution in [-0.2, 0) is 6.54 Å². The van der Waals surface area contributed by atoms with Crippen LogP contribution in [0, 0.1) is 6.92 Å². The number of nitrogens with two attached hydrogens (primary N) is 1. The molecule has 0 saturated heterocycles. The van der Waals surface area contributed by atoms with Crippen molar-refractivity contribution in [2.24, 2.45) is 5.73 Å². The van der Waals surface area contributed by atoms with Crippen LogP contribution in [0.4, 0.5) is 5.69 Å². The van der Waals surface area contributed by atoms with E-state index >= 15 is 0 Å². The molecule has 0 aliphatic carbocycles. The van der Waals surface area contributed by atoms with Crippen LogP contribution in [0.15, 0.2) is 34.1 Å². The predicted octanol–water partition coefficient (Wildman–Crippen LogP) is 3.53. The Morgan fingerprint density at radius 3 is 2.83 bits per heavy atom. The fraction of sp³-hybridized carbons (Fsp3) is 0.154. The number of aryl methyl sites for hydroxylation is 1. The van der Waals surface area contributed by atoms with E-state index in [1.807, 2.05) is 25.1 Å². The third kappa shape index (κ3) is 3.11. The molecule has 0 fully saturated rings. The van der Waals surface area contributed by atoms with Crippen LogP contribution in [0.25, 0.3) is 0 Å². The predicted molar refractivity (Wildman–Crippen MR) is 79.0 cm³/mol. The van der Waals surface area contributed by atoms with Crippen molar-refractivity contribution in [3.8, 4) is 0 Å². The number of rotatable bonds is 4. The minimum atomic E-state index is -0.378. The molecule has 0 aliphatic rings. The lowest BCUT2D eigenvalue weighted by atomic mass is 10.2. The zero-order chi connectivity index (χ0) is 13.1. The van der Waals surface area contributed by atoms with Crippen LogP contribution in [0.5, 0.6) is 0 Å². The van der Waals surface area contributed by atoms with E-state index in [4.69, 9.17) is 5.73 Å². The van der Waals surface area contributed by atoms with Crippen molar-refractivity contribution in [3.05, 3.63) is 50.1 Å². The highest BCUT2D eigenvalue weighted by Crippen LogP contribution is 2.21. The number of nitrogens with one attached hydrogen (secondary N) is 1. The fourth-order valence-electron chi connectivity index (χ4n) is 1.55. The number of thiophene rings is 1. The molecular formula is C13H13BrN2OS. The summed E-state index contributed by atoms with van der Waals surface area (Å²) in [5.41, 5.74) is 8.03. The molecule has 0 saturated carbocycles. The van der Waals surface area contributed by atoms with Gasteiger partial charge in [0.05, 0.1) is 5.56 Å². The average Bonchev–Trinajstić information content (AvgIpc) is 2.79. The summed E-state index contributed by atoms with van der Waals surface area (Å²) < 4.78 is 1.10. The van der Waals surface area contributed by atoms with Crippen LogP contribution < -0.4 is 11.1 Å². The Labute approximate surface area is 118 Å². The first-order valence-corrected chi connectivity index (χ1v) is 7.11. The van der Waals surface area contributed by atoms with Gasteiger partial charge in [-0.05, 0) is 36.8 Å². The summed E-state index contributed by atoms with van der Waals surface area (Å²) in [4.78, 5) is 12.1. The van der Waals surface area contributed by atoms with Gasteiger partial charge in [-0.3, -0.25) is 4.79 Å². The molecule has 3 N–H and O–H groups in total. The van der Waals surface area contributed by atoms with Crippen molar-refractivity contribution < 1.29 is 4.79 Å². The Morgan fingerprint density at radius 1 is 1.44 bits per heavy atom. The quantitative estimate of drug-likeness (QED) is 0.903. The number of hydrogen-bond donors (Lipinski definition) is 2. The standard InChI is InChI=1S/C13H13BrN2OS/c1-8-4-10(2-3-12(8)14)16-6-11-5-9(7-18-11)13(15)17/h2-5,7,16H,6H2,1H3,(H2,15,17). The molecule has 0 bridgehead atoms. The van der Waals surface area contributed by atoms with Crippen molar-refractivity contribution >= 4 is 38.9 Å². The molecule has 0 radical (unpaired) electrons. The molecular weight excluding hydrogens is 312 g/mol. The van der Waals surface area contributed by atoms with Gasteiger partial charge in [0.25, 0.3) is 0 Å². The number of carbonyl (C=O) groups is 1. The van der Waals surface area contributed by atoms with Crippen LogP contribution in [0.2, 0.25) is 0 Å². The molecule has 0 spiro atoms. The van der Waals surface area contributed by atoms with Crippen molar-refractivity contribution in [2.75, 3.05) is 5.32 Å². The van der Waals surface area contributed by atoms with Gasteiger partial charge in [0.1, 0.15) is 0 Å². The Balaban J connectivity index is 2.02. The van der Waals surface area contributed by atoms with Gasteiger partial charge >= 0.3 is 0 Å². The Hall–Kier alpha value is -1.33. The second kappa shape index (κ2) is 5.54. The topological polar surface area (TPSA) is 55.1 Å². The maximum atomic E-state index is 11.0. The lowest BCUT2D eigenvalue weighted by Crippen LogP contribution is -2.09. The minimum absolute atomic E-state index is 0.378. The third-order valence-corrected chi connectivity index (χ3v) is 4.39. The van der Waals surface area contributed by atoms with Crippen LogP contribution in [-0.4, -0.2) is 5.91 Å². The van der Waals surface area contributed by atoms with Crippen molar-refractivity contribution in [3.63, 3.8) is 0 Å². The lowest BCUT2D eigenvalue weighted by Gasteiger charge is -2.06. The van der Waals surface area contributed by atoms with Crippen LogP contribution >= 0.6 is 27.3 Å². The number of halogens is 1. The minimum Gasteiger partial charge on any atom is -0.380 e. The van der Waals surface area contributed by atoms with Gasteiger partial charge in [0.2, 0.25) is 5.91 Å². The molecule has 1 aromatic carbocycles. The number of anilines is 1. The van der Waals surface area contributed by atoms with E-state index in [0.29, 0.717) is 12.1 Å². The Morgan fingerprint density at radius 2 is 2.22 bits per heavy atom. The van der Waals surface area contributed by atoms with E-state index in [1.165, 1.54) is 16.9 Å². The number of benzene rings is 1. The summed E-state index contributed by atoms with van der Waals surface area (Å²) in [6.45, 7) is 2.74. The van der Waals surface area contributed by atoms with E-state index in [9.17, 15) is 4.79 Å². The van der Waals surface area contributed by atoms with E-state index < -0.39 is 0 Å². The number of amides is 1. The highest BCUT2D eigenvalue weighted by Gasteiger charge is 2.04. The molecule has 0 aliphatic heterocycles. The average molecular weight is 325 g/mol. The first kappa shape index (κ1) is 13.1. The second-order valence-corrected chi connectivity index (χ2v) is 5.83. The molecule has 18 heavy (non-hydrogen) atoms. The van der Waals surface area contributed by atoms with Crippen LogP contribution in [0.1, 0.15) is 20.8 Å². The fourth-order valence-corrected chi connectivity index (χ4v) is 2.61. The molecule has 1 aromatic heterocycles. The molecule has 0 unspecified atom stereocenters. The van der Waals surface area contributed by atoms with E-state index in [0.717, 1.165) is 15.0 Å². The molecule has 1 heterocycles. The SMILES string of the molecule is Cc1cc(NCc2cc(C(N)=O)cs2)ccc1Br. The van der Waals surface area contributed by atoms with Crippen molar-refractivity contribution in [1.29, 1.82) is 0 Å². The number of carbonyl (C=O) groups excluding carboxylic acids is 1. The summed E-state index contributed by atoms with van der Waals surface area (Å²) in [5.74, 6) is -0.378. The molecule has 0 atom stereocenters. The summed E-state index contributed by atoms with van der Waals surface area (Å²) >= 11 is 5.00. The molecule has 5 heteroatoms. The summed E-state index contributed by atoms with van der Waals surface area (Å²) in [5, 5.41) is 5.10. The summed E-state index contributed by atoms with van der Waals surface area (Å²) in [7, 11) is 0. The molecule has 3 nitrogen and oxygen atoms in total. The van der Waals surface area contributed by atoms with Gasteiger partial charge in [-0.1, -0.05) is 15.9 Å². The van der Waals surface area contributed by atoms with Crippen molar-refractivity contribution in [2.45, 2.75) is 13.5 Å². The van der Waals surface area contributed by atoms with E-state index in [-0.39, 0.29) is 5.91 Å². The Kier molecular flexibility index (Phi) is 4.04. The first-order chi connectivity index (χ1) is 8.56. The van der Waals surface area contributed by atoms with Gasteiger partial charge in [-0.2, -0.15) is 0 Å². The Bertz CT molecular complexity index is 580. The maximum absolute atomic E-state index is 11.0. The maximum Gasteiger partial charge on any atom is 0.249 e. The highest BCUT2D eigenvalue weighted by molar-refractivity contribution is 9.10. The number of hydrogen-bond acceptors (Lipinski definition) is 3. The zero-order valence-electron chi connectivity index (χ0n) is 9.87. The van der Waals surface area contributed by atoms with E-state index in [2.05, 4.69) is 27.3 Å². The van der Waals surface area contributed by atoms with E-state index in [1.54, 1.807) is 5.38 Å². The van der Waals surface area contributed by atoms with Gasteiger partial charge in [0, 0.05) is 27.0 Å². The molecule has 2 aromatic rings. The van der Waals surface area contributed by atoms with Gasteiger partial charge in [-0.25, -0.2) is 0 Å². The van der Waals surface area contributed by atoms with Crippen molar-refractivity contribution in [1.82, 2.24) is 0 Å². The monoisotopic (exact) mass is 324 g/mol. The normalized spacial score (nSPS) is 10.3. The summed E-state index contributed by atoms with van der Waals surface area (Å²) in [6, 6.07) is 7.93. The smallest absolute Gasteiger partial charge is 0.249 e. The highest BCUT2D eigenvalue weighted by atomic mass is 79.9. The zero-order valence-corrected chi connectivity index (χ0v) is 12.3. The molecule has 1 amide bonds. The molecule has 94 valence electrons. The van der Waals surface area contributed by atoms with Gasteiger partial charge in [0.15, 0.2) is 0 Å². The lowest BCUT2D eigenvalue weighted by molar-refractivity contribution is 0.100. The van der Waals surface area contributed by atoms with Gasteiger partial charge in [-0.15, -0.1) is 11.3 Å². The largest absolute Gasteiger partial charge is 0.380 e. The second-order valence-electron chi connectivity index (χ2n) is 3.98. The van der Waals surface area contributed by atoms with Crippen LogP contribution in [0.3, 0.4) is 0 Å². The molecule has 2 rings (SSSR count). The van der Waals surface area contributed by atoms with Gasteiger partial charge < -0.3 is 11.1 Å². The summed E-state index contributed by atoms with van der Waals surface area (Å²) in [6.07, 6.45) is 0.